The van der Waals surface area contributed by atoms with E-state index < -0.39 is 0 Å². The molecule has 2 saturated heterocycles. The topological polar surface area (TPSA) is 86.8 Å². The molecule has 6 rings (SSSR count). The van der Waals surface area contributed by atoms with E-state index in [9.17, 15) is 4.79 Å². The average molecular weight is 594 g/mol. The Morgan fingerprint density at radius 1 is 0.675 bits per heavy atom. The van der Waals surface area contributed by atoms with Crippen molar-refractivity contribution in [2.45, 2.75) is 0 Å². The Labute approximate surface area is 245 Å². The molecule has 9 nitrogen and oxygen atoms in total. The molecule has 2 aliphatic rings. The van der Waals surface area contributed by atoms with Gasteiger partial charge in [-0.05, 0) is 36.4 Å². The summed E-state index contributed by atoms with van der Waals surface area (Å²) in [5.74, 6) is 1.48. The summed E-state index contributed by atoms with van der Waals surface area (Å²) in [7, 11) is 0. The number of hydrogen-bond donors (Lipinski definition) is 0. The van der Waals surface area contributed by atoms with Crippen LogP contribution in [-0.4, -0.2) is 94.5 Å². The van der Waals surface area contributed by atoms with E-state index >= 15 is 0 Å². The normalized spacial score (nSPS) is 16.4. The fourth-order valence-corrected chi connectivity index (χ4v) is 4.88. The first-order valence-corrected chi connectivity index (χ1v) is 13.2. The van der Waals surface area contributed by atoms with E-state index in [0.717, 1.165) is 76.5 Å². The summed E-state index contributed by atoms with van der Waals surface area (Å²) < 4.78 is 34.8. The zero-order chi connectivity index (χ0) is 25.7. The lowest BCUT2D eigenvalue weighted by molar-refractivity contribution is 0.0322. The minimum absolute atomic E-state index is 0. The van der Waals surface area contributed by atoms with E-state index in [1.807, 2.05) is 36.4 Å². The van der Waals surface area contributed by atoms with Gasteiger partial charge in [0.15, 0.2) is 11.5 Å². The molecule has 0 radical (unpaired) electrons. The van der Waals surface area contributed by atoms with Crippen LogP contribution in [-0.2, 0) is 9.47 Å². The predicted octanol–water partition coefficient (Wildman–Crippen LogP) is 4.68. The minimum Gasteiger partial charge on any atom is -0.491 e. The van der Waals surface area contributed by atoms with E-state index in [4.69, 9.17) is 27.8 Å². The number of ether oxygens (including phenoxy) is 4. The van der Waals surface area contributed by atoms with E-state index in [0.29, 0.717) is 35.9 Å². The predicted molar refractivity (Wildman–Crippen MR) is 156 cm³/mol. The van der Waals surface area contributed by atoms with Crippen LogP contribution in [0.3, 0.4) is 0 Å². The number of halogens is 2. The quantitative estimate of drug-likeness (QED) is 0.244. The number of ketones is 1. The minimum atomic E-state index is -0.323. The Hall–Kier alpha value is -2.79. The molecule has 0 atom stereocenters. The Morgan fingerprint density at radius 2 is 1.10 bits per heavy atom. The second kappa shape index (κ2) is 14.2. The van der Waals surface area contributed by atoms with Gasteiger partial charge in [-0.2, -0.15) is 0 Å². The lowest BCUT2D eigenvalue weighted by atomic mass is 10.2. The van der Waals surface area contributed by atoms with Crippen LogP contribution in [0.15, 0.2) is 57.4 Å². The monoisotopic (exact) mass is 592 g/mol. The molecule has 2 aromatic carbocycles. The molecule has 2 aliphatic heterocycles. The van der Waals surface area contributed by atoms with Crippen LogP contribution in [0, 0.1) is 0 Å². The molecule has 4 aromatic rings. The smallest absolute Gasteiger partial charge is 0.263 e. The largest absolute Gasteiger partial charge is 0.491 e. The molecule has 216 valence electrons. The first-order valence-electron chi connectivity index (χ1n) is 13.2. The van der Waals surface area contributed by atoms with Crippen molar-refractivity contribution in [2.75, 3.05) is 78.9 Å². The van der Waals surface area contributed by atoms with Crippen molar-refractivity contribution in [1.29, 1.82) is 0 Å². The van der Waals surface area contributed by atoms with E-state index in [-0.39, 0.29) is 42.1 Å². The highest BCUT2D eigenvalue weighted by Crippen LogP contribution is 2.33. The molecule has 0 spiro atoms. The maximum Gasteiger partial charge on any atom is 0.263 e. The molecule has 0 saturated carbocycles. The van der Waals surface area contributed by atoms with Gasteiger partial charge < -0.3 is 27.8 Å². The molecular formula is C29H34Cl2N2O7. The van der Waals surface area contributed by atoms with Gasteiger partial charge in [-0.1, -0.05) is 12.1 Å². The van der Waals surface area contributed by atoms with Crippen LogP contribution in [0.25, 0.3) is 21.9 Å². The fraction of sp³-hybridized carbons (Fsp3) is 0.414. The molecule has 40 heavy (non-hydrogen) atoms. The highest BCUT2D eigenvalue weighted by molar-refractivity contribution is 6.09. The maximum atomic E-state index is 13.3. The van der Waals surface area contributed by atoms with E-state index in [2.05, 4.69) is 9.80 Å². The SMILES string of the molecule is Cl.Cl.O=C(c1cc2c(OCCN3CCOCC3)cccc2o1)c1cc2c(OCCN3CCOCC3)cccc2o1. The molecule has 4 heterocycles. The number of benzene rings is 2. The van der Waals surface area contributed by atoms with Gasteiger partial charge in [-0.25, -0.2) is 0 Å². The number of carbonyl (C=O) groups excluding carboxylic acids is 1. The summed E-state index contributed by atoms with van der Waals surface area (Å²) in [6.07, 6.45) is 0. The second-order valence-electron chi connectivity index (χ2n) is 9.49. The number of hydrogen-bond acceptors (Lipinski definition) is 9. The van der Waals surface area contributed by atoms with Crippen molar-refractivity contribution in [2.24, 2.45) is 0 Å². The van der Waals surface area contributed by atoms with Gasteiger partial charge in [0.05, 0.1) is 37.2 Å². The van der Waals surface area contributed by atoms with E-state index in [1.165, 1.54) is 0 Å². The maximum absolute atomic E-state index is 13.3. The first-order chi connectivity index (χ1) is 18.7. The van der Waals surface area contributed by atoms with Crippen LogP contribution in [0.2, 0.25) is 0 Å². The number of carbonyl (C=O) groups is 1. The number of fused-ring (bicyclic) bond motifs is 2. The molecule has 0 amide bonds. The van der Waals surface area contributed by atoms with Crippen molar-refractivity contribution in [3.8, 4) is 11.5 Å². The molecule has 0 aliphatic carbocycles. The van der Waals surface area contributed by atoms with Crippen molar-refractivity contribution in [3.63, 3.8) is 0 Å². The zero-order valence-electron chi connectivity index (χ0n) is 22.2. The van der Waals surface area contributed by atoms with Crippen LogP contribution in [0.5, 0.6) is 11.5 Å². The Balaban J connectivity index is 0.00000185. The summed E-state index contributed by atoms with van der Waals surface area (Å²) in [5.41, 5.74) is 1.20. The van der Waals surface area contributed by atoms with Crippen molar-refractivity contribution < 1.29 is 32.6 Å². The Kier molecular flexibility index (Phi) is 10.7. The number of morpholine rings is 2. The molecular weight excluding hydrogens is 559 g/mol. The lowest BCUT2D eigenvalue weighted by Gasteiger charge is -2.26. The van der Waals surface area contributed by atoms with Crippen molar-refractivity contribution in [3.05, 3.63) is 60.1 Å². The van der Waals surface area contributed by atoms with Crippen LogP contribution in [0.4, 0.5) is 0 Å². The van der Waals surface area contributed by atoms with Crippen LogP contribution in [0.1, 0.15) is 16.3 Å². The third kappa shape index (κ3) is 6.91. The molecule has 11 heteroatoms. The number of nitrogens with zero attached hydrogens (tertiary/aromatic N) is 2. The van der Waals surface area contributed by atoms with Gasteiger partial charge in [0.2, 0.25) is 0 Å². The van der Waals surface area contributed by atoms with Gasteiger partial charge in [-0.3, -0.25) is 14.6 Å². The van der Waals surface area contributed by atoms with Crippen LogP contribution >= 0.6 is 24.8 Å². The highest BCUT2D eigenvalue weighted by atomic mass is 35.5. The Morgan fingerprint density at radius 3 is 1.52 bits per heavy atom. The standard InChI is InChI=1S/C29H32N2O7.2ClH/c32-29(27-19-21-23(3-1-5-25(21)37-27)35-17-11-30-7-13-33-14-8-30)28-20-22-24(4-2-6-26(22)38-28)36-18-12-31-9-15-34-16-10-31;;/h1-6,19-20H,7-18H2;2*1H. The molecule has 2 aromatic heterocycles. The van der Waals surface area contributed by atoms with Crippen molar-refractivity contribution >= 4 is 52.5 Å². The van der Waals surface area contributed by atoms with Crippen LogP contribution < -0.4 is 9.47 Å². The summed E-state index contributed by atoms with van der Waals surface area (Å²) in [6, 6.07) is 14.7. The fourth-order valence-electron chi connectivity index (χ4n) is 4.88. The molecule has 2 fully saturated rings. The lowest BCUT2D eigenvalue weighted by Crippen LogP contribution is -2.38. The van der Waals surface area contributed by atoms with Crippen molar-refractivity contribution in [1.82, 2.24) is 9.80 Å². The van der Waals surface area contributed by atoms with E-state index in [1.54, 1.807) is 12.1 Å². The van der Waals surface area contributed by atoms with Gasteiger partial charge in [-0.15, -0.1) is 24.8 Å². The third-order valence-corrected chi connectivity index (χ3v) is 7.03. The zero-order valence-corrected chi connectivity index (χ0v) is 23.8. The molecule has 0 unspecified atom stereocenters. The second-order valence-corrected chi connectivity index (χ2v) is 9.49. The van der Waals surface area contributed by atoms with Gasteiger partial charge in [0.25, 0.3) is 5.78 Å². The van der Waals surface area contributed by atoms with Gasteiger partial charge in [0.1, 0.15) is 35.9 Å². The van der Waals surface area contributed by atoms with Gasteiger partial charge in [0, 0.05) is 39.3 Å². The summed E-state index contributed by atoms with van der Waals surface area (Å²) in [6.45, 7) is 9.41. The summed E-state index contributed by atoms with van der Waals surface area (Å²) in [4.78, 5) is 18.0. The summed E-state index contributed by atoms with van der Waals surface area (Å²) in [5, 5.41) is 1.53. The van der Waals surface area contributed by atoms with Gasteiger partial charge >= 0.3 is 0 Å². The highest BCUT2D eigenvalue weighted by Gasteiger charge is 2.22. The summed E-state index contributed by atoms with van der Waals surface area (Å²) >= 11 is 0. The molecule has 0 bridgehead atoms. The number of furan rings is 2. The number of rotatable bonds is 10. The Bertz CT molecular complexity index is 1290. The average Bonchev–Trinajstić information content (AvgIpc) is 3.60. The first kappa shape index (κ1) is 30.2. The third-order valence-electron chi connectivity index (χ3n) is 7.03. The molecule has 0 N–H and O–H groups in total.